The van der Waals surface area contributed by atoms with Gasteiger partial charge in [-0.05, 0) is 68.6 Å². The minimum atomic E-state index is -3.61. The lowest BCUT2D eigenvalue weighted by atomic mass is 9.84. The number of carbonyl (C=O) groups is 1. The van der Waals surface area contributed by atoms with E-state index in [2.05, 4.69) is 12.2 Å². The molecule has 2 bridgehead atoms. The zero-order chi connectivity index (χ0) is 19.9. The minimum Gasteiger partial charge on any atom is -0.379 e. The molecule has 0 aromatic heterocycles. The quantitative estimate of drug-likeness (QED) is 0.815. The number of nitrogens with zero attached hydrogens (tertiary/aromatic N) is 1. The highest BCUT2D eigenvalue weighted by Gasteiger charge is 2.42. The molecule has 3 fully saturated rings. The van der Waals surface area contributed by atoms with E-state index in [0.717, 1.165) is 17.4 Å². The van der Waals surface area contributed by atoms with Crippen molar-refractivity contribution in [1.82, 2.24) is 9.62 Å². The molecule has 1 heterocycles. The second-order valence-electron chi connectivity index (χ2n) is 8.59. The third kappa shape index (κ3) is 3.72. The maximum Gasteiger partial charge on any atom is 0.251 e. The predicted octanol–water partition coefficient (Wildman–Crippen LogP) is 2.57. The Balaban J connectivity index is 1.51. The van der Waals surface area contributed by atoms with E-state index in [1.807, 2.05) is 6.92 Å². The van der Waals surface area contributed by atoms with Crippen LogP contribution in [0.5, 0.6) is 0 Å². The molecule has 0 spiro atoms. The van der Waals surface area contributed by atoms with E-state index in [0.29, 0.717) is 37.8 Å². The highest BCUT2D eigenvalue weighted by molar-refractivity contribution is 7.89. The predicted molar refractivity (Wildman–Crippen MR) is 107 cm³/mol. The molecule has 1 aliphatic heterocycles. The van der Waals surface area contributed by atoms with Crippen molar-refractivity contribution in [3.8, 4) is 0 Å². The van der Waals surface area contributed by atoms with E-state index in [-0.39, 0.29) is 16.8 Å². The van der Waals surface area contributed by atoms with Crippen LogP contribution in [0.15, 0.2) is 23.1 Å². The second kappa shape index (κ2) is 7.76. The van der Waals surface area contributed by atoms with E-state index < -0.39 is 10.0 Å². The fourth-order valence-electron chi connectivity index (χ4n) is 5.24. The third-order valence-corrected chi connectivity index (χ3v) is 8.75. The normalized spacial score (nSPS) is 29.0. The smallest absolute Gasteiger partial charge is 0.251 e. The number of hydrogen-bond donors (Lipinski definition) is 1. The number of amides is 1. The molecule has 1 aromatic carbocycles. The number of ether oxygens (including phenoxy) is 1. The molecule has 7 heteroatoms. The van der Waals surface area contributed by atoms with Gasteiger partial charge in [-0.25, -0.2) is 8.42 Å². The molecule has 1 amide bonds. The number of nitrogens with one attached hydrogen (secondary N) is 1. The summed E-state index contributed by atoms with van der Waals surface area (Å²) < 4.78 is 32.5. The van der Waals surface area contributed by atoms with Crippen molar-refractivity contribution in [2.75, 3.05) is 26.3 Å². The second-order valence-corrected chi connectivity index (χ2v) is 10.5. The lowest BCUT2D eigenvalue weighted by Gasteiger charge is -2.29. The molecule has 154 valence electrons. The Hall–Kier alpha value is -1.44. The van der Waals surface area contributed by atoms with Gasteiger partial charge < -0.3 is 10.1 Å². The molecule has 1 aromatic rings. The summed E-state index contributed by atoms with van der Waals surface area (Å²) in [6.45, 7) is 5.44. The molecule has 0 radical (unpaired) electrons. The Labute approximate surface area is 167 Å². The molecule has 2 saturated carbocycles. The molecular weight excluding hydrogens is 376 g/mol. The summed E-state index contributed by atoms with van der Waals surface area (Å²) in [7, 11) is -3.61. The molecular formula is C21H30N2O4S. The van der Waals surface area contributed by atoms with Gasteiger partial charge in [0.1, 0.15) is 0 Å². The lowest BCUT2D eigenvalue weighted by Crippen LogP contribution is -2.41. The maximum atomic E-state index is 13.0. The van der Waals surface area contributed by atoms with Crippen LogP contribution in [0.1, 0.15) is 48.5 Å². The van der Waals surface area contributed by atoms with Crippen molar-refractivity contribution < 1.29 is 17.9 Å². The first kappa shape index (κ1) is 19.9. The number of fused-ring (bicyclic) bond motifs is 2. The average Bonchev–Trinajstić information content (AvgIpc) is 3.32. The van der Waals surface area contributed by atoms with Gasteiger partial charge in [-0.3, -0.25) is 4.79 Å². The number of rotatable bonds is 5. The van der Waals surface area contributed by atoms with Crippen LogP contribution < -0.4 is 5.32 Å². The first-order valence-electron chi connectivity index (χ1n) is 10.4. The van der Waals surface area contributed by atoms with Crippen molar-refractivity contribution in [2.24, 2.45) is 17.8 Å². The largest absolute Gasteiger partial charge is 0.379 e. The van der Waals surface area contributed by atoms with Gasteiger partial charge in [-0.2, -0.15) is 4.31 Å². The van der Waals surface area contributed by atoms with Gasteiger partial charge in [0.2, 0.25) is 10.0 Å². The first-order valence-corrected chi connectivity index (χ1v) is 11.8. The number of aryl methyl sites for hydroxylation is 1. The molecule has 4 atom stereocenters. The first-order chi connectivity index (χ1) is 13.4. The summed E-state index contributed by atoms with van der Waals surface area (Å²) in [4.78, 5) is 13.1. The Morgan fingerprint density at radius 1 is 1.21 bits per heavy atom. The van der Waals surface area contributed by atoms with Crippen LogP contribution in [0.4, 0.5) is 0 Å². The van der Waals surface area contributed by atoms with Gasteiger partial charge in [-0.1, -0.05) is 12.5 Å². The topological polar surface area (TPSA) is 75.7 Å². The average molecular weight is 407 g/mol. The van der Waals surface area contributed by atoms with Crippen LogP contribution in [0.2, 0.25) is 0 Å². The van der Waals surface area contributed by atoms with Gasteiger partial charge in [0.25, 0.3) is 5.91 Å². The Morgan fingerprint density at radius 2 is 1.96 bits per heavy atom. The molecule has 0 unspecified atom stereocenters. The Bertz CT molecular complexity index is 848. The van der Waals surface area contributed by atoms with Gasteiger partial charge in [-0.15, -0.1) is 0 Å². The monoisotopic (exact) mass is 406 g/mol. The Kier molecular flexibility index (Phi) is 5.51. The fraction of sp³-hybridized carbons (Fsp3) is 0.667. The van der Waals surface area contributed by atoms with Crippen LogP contribution in [-0.4, -0.2) is 51.0 Å². The molecule has 3 aliphatic rings. The standard InChI is InChI=1S/C21H30N2O4S/c1-14-3-6-18(28(25,26)23-7-9-27-10-8-23)13-19(14)21(24)22-15(2)20-12-16-4-5-17(20)11-16/h3,6,13,15-17,20H,4-5,7-12H2,1-2H3,(H,22,24)/t15-,16+,17-,20+/m0/s1. The zero-order valence-corrected chi connectivity index (χ0v) is 17.5. The summed E-state index contributed by atoms with van der Waals surface area (Å²) in [6.07, 6.45) is 5.12. The highest BCUT2D eigenvalue weighted by Crippen LogP contribution is 2.49. The summed E-state index contributed by atoms with van der Waals surface area (Å²) in [6, 6.07) is 4.96. The number of carbonyl (C=O) groups excluding carboxylic acids is 1. The summed E-state index contributed by atoms with van der Waals surface area (Å²) in [5, 5.41) is 3.15. The van der Waals surface area contributed by atoms with Crippen LogP contribution in [0, 0.1) is 24.7 Å². The molecule has 2 aliphatic carbocycles. The number of benzene rings is 1. The van der Waals surface area contributed by atoms with Gasteiger partial charge in [0, 0.05) is 24.7 Å². The molecule has 1 saturated heterocycles. The maximum absolute atomic E-state index is 13.0. The van der Waals surface area contributed by atoms with E-state index >= 15 is 0 Å². The van der Waals surface area contributed by atoms with E-state index in [1.54, 1.807) is 12.1 Å². The van der Waals surface area contributed by atoms with Crippen molar-refractivity contribution in [3.63, 3.8) is 0 Å². The number of sulfonamides is 1. The number of hydrogen-bond acceptors (Lipinski definition) is 4. The minimum absolute atomic E-state index is 0.113. The molecule has 4 rings (SSSR count). The summed E-state index contributed by atoms with van der Waals surface area (Å²) in [5.74, 6) is 1.93. The van der Waals surface area contributed by atoms with Crippen molar-refractivity contribution in [1.29, 1.82) is 0 Å². The summed E-state index contributed by atoms with van der Waals surface area (Å²) in [5.41, 5.74) is 1.24. The van der Waals surface area contributed by atoms with Crippen molar-refractivity contribution in [3.05, 3.63) is 29.3 Å². The van der Waals surface area contributed by atoms with Gasteiger partial charge in [0.15, 0.2) is 0 Å². The lowest BCUT2D eigenvalue weighted by molar-refractivity contribution is 0.0730. The van der Waals surface area contributed by atoms with E-state index in [4.69, 9.17) is 4.74 Å². The van der Waals surface area contributed by atoms with E-state index in [1.165, 1.54) is 36.1 Å². The van der Waals surface area contributed by atoms with Gasteiger partial charge >= 0.3 is 0 Å². The zero-order valence-electron chi connectivity index (χ0n) is 16.7. The number of morpholine rings is 1. The van der Waals surface area contributed by atoms with Crippen LogP contribution in [-0.2, 0) is 14.8 Å². The fourth-order valence-corrected chi connectivity index (χ4v) is 6.67. The van der Waals surface area contributed by atoms with Crippen molar-refractivity contribution >= 4 is 15.9 Å². The summed E-state index contributed by atoms with van der Waals surface area (Å²) >= 11 is 0. The molecule has 1 N–H and O–H groups in total. The van der Waals surface area contributed by atoms with Crippen LogP contribution in [0.3, 0.4) is 0 Å². The Morgan fingerprint density at radius 3 is 2.61 bits per heavy atom. The van der Waals surface area contributed by atoms with Crippen molar-refractivity contribution in [2.45, 2.75) is 50.5 Å². The SMILES string of the molecule is Cc1ccc(S(=O)(=O)N2CCOCC2)cc1C(=O)N[C@@H](C)[C@H]1C[C@@H]2CC[C@H]1C2. The third-order valence-electron chi connectivity index (χ3n) is 6.86. The molecule has 6 nitrogen and oxygen atoms in total. The van der Waals surface area contributed by atoms with Gasteiger partial charge in [0.05, 0.1) is 18.1 Å². The highest BCUT2D eigenvalue weighted by atomic mass is 32.2. The van der Waals surface area contributed by atoms with Crippen LogP contribution >= 0.6 is 0 Å². The van der Waals surface area contributed by atoms with Crippen LogP contribution in [0.25, 0.3) is 0 Å². The molecule has 28 heavy (non-hydrogen) atoms. The van der Waals surface area contributed by atoms with E-state index in [9.17, 15) is 13.2 Å².